The first kappa shape index (κ1) is 24.0. The van der Waals surface area contributed by atoms with E-state index >= 15 is 0 Å². The zero-order chi connectivity index (χ0) is 20.6. The summed E-state index contributed by atoms with van der Waals surface area (Å²) in [6.07, 6.45) is 3.86. The van der Waals surface area contributed by atoms with Gasteiger partial charge in [0, 0.05) is 0 Å². The molecule has 1 aromatic heterocycles. The molecule has 0 aliphatic rings. The number of aromatic nitrogens is 2. The van der Waals surface area contributed by atoms with E-state index in [1.165, 1.54) is 14.2 Å². The molecule has 27 heavy (non-hydrogen) atoms. The van der Waals surface area contributed by atoms with Crippen molar-refractivity contribution in [3.8, 4) is 11.8 Å². The van der Waals surface area contributed by atoms with Gasteiger partial charge in [0.1, 0.15) is 5.25 Å². The Morgan fingerprint density at radius 2 is 1.59 bits per heavy atom. The van der Waals surface area contributed by atoms with E-state index in [0.29, 0.717) is 16.9 Å². The molecule has 1 rings (SSSR count). The van der Waals surface area contributed by atoms with Gasteiger partial charge in [-0.05, 0) is 24.7 Å². The largest absolute Gasteiger partial charge is 0.481 e. The van der Waals surface area contributed by atoms with Crippen LogP contribution in [0.5, 0.6) is 11.8 Å². The summed E-state index contributed by atoms with van der Waals surface area (Å²) in [5.74, 6) is 0.150. The summed E-state index contributed by atoms with van der Waals surface area (Å²) in [6.45, 7) is 8.47. The van der Waals surface area contributed by atoms with Crippen molar-refractivity contribution < 1.29 is 19.4 Å². The quantitative estimate of drug-likeness (QED) is 0.264. The number of alkyl halides is 1. The van der Waals surface area contributed by atoms with Crippen molar-refractivity contribution in [2.24, 2.45) is 11.8 Å². The Morgan fingerprint density at radius 3 is 1.93 bits per heavy atom. The Bertz CT molecular complexity index is 583. The van der Waals surface area contributed by atoms with Gasteiger partial charge in [-0.1, -0.05) is 68.2 Å². The van der Waals surface area contributed by atoms with Crippen LogP contribution in [0, 0.1) is 11.8 Å². The van der Waals surface area contributed by atoms with Crippen LogP contribution >= 0.6 is 27.7 Å². The van der Waals surface area contributed by atoms with Gasteiger partial charge in [-0.15, -0.1) is 0 Å². The predicted octanol–water partition coefficient (Wildman–Crippen LogP) is 5.05. The van der Waals surface area contributed by atoms with E-state index in [9.17, 15) is 9.90 Å². The first-order valence-electron chi connectivity index (χ1n) is 9.29. The third-order valence-corrected chi connectivity index (χ3v) is 8.43. The Kier molecular flexibility index (Phi) is 9.87. The third kappa shape index (κ3) is 5.98. The van der Waals surface area contributed by atoms with E-state index < -0.39 is 15.5 Å². The van der Waals surface area contributed by atoms with Gasteiger partial charge in [0.2, 0.25) is 11.8 Å². The van der Waals surface area contributed by atoms with E-state index in [4.69, 9.17) is 9.47 Å². The van der Waals surface area contributed by atoms with E-state index in [2.05, 4.69) is 53.6 Å². The molecule has 0 aromatic carbocycles. The molecule has 0 aliphatic carbocycles. The third-order valence-electron chi connectivity index (χ3n) is 4.88. The average molecular weight is 463 g/mol. The zero-order valence-electron chi connectivity index (χ0n) is 17.0. The molecule has 0 amide bonds. The minimum absolute atomic E-state index is 0.171. The Balaban J connectivity index is 3.35. The molecule has 0 spiro atoms. The molecular formula is C19H31BrN2O4S. The fraction of sp³-hybridized carbons (Fsp3) is 0.737. The number of hydrogen-bond donors (Lipinski definition) is 1. The van der Waals surface area contributed by atoms with Crippen molar-refractivity contribution in [3.05, 3.63) is 6.07 Å². The van der Waals surface area contributed by atoms with Crippen molar-refractivity contribution in [3.63, 3.8) is 0 Å². The second kappa shape index (κ2) is 11.1. The fourth-order valence-electron chi connectivity index (χ4n) is 3.39. The highest BCUT2D eigenvalue weighted by molar-refractivity contribution is 9.10. The number of rotatable bonds is 12. The van der Waals surface area contributed by atoms with Crippen LogP contribution in [0.25, 0.3) is 0 Å². The van der Waals surface area contributed by atoms with Crippen LogP contribution in [0.3, 0.4) is 0 Å². The van der Waals surface area contributed by atoms with Crippen LogP contribution in [0.2, 0.25) is 0 Å². The monoisotopic (exact) mass is 462 g/mol. The first-order valence-corrected chi connectivity index (χ1v) is 11.0. The normalized spacial score (nSPS) is 16.9. The highest BCUT2D eigenvalue weighted by Crippen LogP contribution is 2.48. The summed E-state index contributed by atoms with van der Waals surface area (Å²) < 4.78 is 9.80. The molecule has 0 saturated heterocycles. The topological polar surface area (TPSA) is 81.5 Å². The Morgan fingerprint density at radius 1 is 1.15 bits per heavy atom. The second-order valence-electron chi connectivity index (χ2n) is 6.78. The summed E-state index contributed by atoms with van der Waals surface area (Å²) in [7, 11) is 3.01. The van der Waals surface area contributed by atoms with Crippen LogP contribution in [0.4, 0.5) is 0 Å². The standard InChI is InChI=1S/C19H31BrN2O4S/c1-7-9-12(3)19(20,13(4)10-8-2)16(17(23)24)27-18-21-14(25-5)11-15(22-18)26-6/h11-13,16H,7-10H2,1-6H3,(H,23,24). The number of carboxylic acids is 1. The molecule has 0 saturated carbocycles. The number of aliphatic carboxylic acids is 1. The van der Waals surface area contributed by atoms with Gasteiger partial charge in [0.25, 0.3) is 0 Å². The summed E-state index contributed by atoms with van der Waals surface area (Å²) in [5.41, 5.74) is 0. The smallest absolute Gasteiger partial charge is 0.318 e. The second-order valence-corrected chi connectivity index (χ2v) is 9.22. The highest BCUT2D eigenvalue weighted by atomic mass is 79.9. The van der Waals surface area contributed by atoms with E-state index in [1.807, 2.05) is 0 Å². The van der Waals surface area contributed by atoms with Gasteiger partial charge >= 0.3 is 5.97 Å². The zero-order valence-corrected chi connectivity index (χ0v) is 19.4. The maximum Gasteiger partial charge on any atom is 0.318 e. The van der Waals surface area contributed by atoms with Crippen molar-refractivity contribution in [2.45, 2.75) is 68.1 Å². The lowest BCUT2D eigenvalue weighted by Crippen LogP contribution is -2.49. The van der Waals surface area contributed by atoms with Gasteiger partial charge in [-0.25, -0.2) is 0 Å². The van der Waals surface area contributed by atoms with E-state index in [0.717, 1.165) is 37.4 Å². The molecule has 1 N–H and O–H groups in total. The van der Waals surface area contributed by atoms with Crippen molar-refractivity contribution in [2.75, 3.05) is 14.2 Å². The predicted molar refractivity (Wildman–Crippen MR) is 112 cm³/mol. The lowest BCUT2D eigenvalue weighted by atomic mass is 9.76. The van der Waals surface area contributed by atoms with E-state index in [1.54, 1.807) is 6.07 Å². The minimum Gasteiger partial charge on any atom is -0.481 e. The number of nitrogens with zero attached hydrogens (tertiary/aromatic N) is 2. The summed E-state index contributed by atoms with van der Waals surface area (Å²) >= 11 is 5.04. The Labute approximate surface area is 175 Å². The molecular weight excluding hydrogens is 432 g/mol. The lowest BCUT2D eigenvalue weighted by molar-refractivity contribution is -0.137. The van der Waals surface area contributed by atoms with Crippen molar-refractivity contribution in [1.29, 1.82) is 0 Å². The molecule has 1 aromatic rings. The number of methoxy groups -OCH3 is 2. The summed E-state index contributed by atoms with van der Waals surface area (Å²) in [5, 5.41) is 9.66. The van der Waals surface area contributed by atoms with Crippen LogP contribution in [0.15, 0.2) is 11.2 Å². The molecule has 8 heteroatoms. The fourth-order valence-corrected chi connectivity index (χ4v) is 5.57. The molecule has 6 nitrogen and oxygen atoms in total. The van der Waals surface area contributed by atoms with Crippen LogP contribution in [0.1, 0.15) is 53.4 Å². The average Bonchev–Trinajstić information content (AvgIpc) is 2.65. The van der Waals surface area contributed by atoms with Crippen LogP contribution < -0.4 is 9.47 Å². The molecule has 3 unspecified atom stereocenters. The van der Waals surface area contributed by atoms with Crippen molar-refractivity contribution in [1.82, 2.24) is 9.97 Å². The lowest BCUT2D eigenvalue weighted by Gasteiger charge is -2.43. The summed E-state index contributed by atoms with van der Waals surface area (Å²) in [6, 6.07) is 1.57. The maximum atomic E-state index is 12.3. The number of carboxylic acid groups (broad SMARTS) is 1. The molecule has 154 valence electrons. The van der Waals surface area contributed by atoms with Gasteiger partial charge in [-0.3, -0.25) is 4.79 Å². The minimum atomic E-state index is -0.881. The van der Waals surface area contributed by atoms with Gasteiger partial charge in [-0.2, -0.15) is 9.97 Å². The molecule has 1 heterocycles. The molecule has 0 bridgehead atoms. The highest BCUT2D eigenvalue weighted by Gasteiger charge is 2.49. The number of thioether (sulfide) groups is 1. The van der Waals surface area contributed by atoms with Gasteiger partial charge in [0.15, 0.2) is 5.16 Å². The SMILES string of the molecule is CCCC(C)C(Br)(C(C)CCC)C(Sc1nc(OC)cc(OC)n1)C(=O)O. The molecule has 3 atom stereocenters. The van der Waals surface area contributed by atoms with E-state index in [-0.39, 0.29) is 11.8 Å². The van der Waals surface area contributed by atoms with Gasteiger partial charge in [0.05, 0.1) is 24.6 Å². The number of carbonyl (C=O) groups is 1. The van der Waals surface area contributed by atoms with Crippen LogP contribution in [-0.2, 0) is 4.79 Å². The number of hydrogen-bond acceptors (Lipinski definition) is 6. The molecule has 0 aliphatic heterocycles. The van der Waals surface area contributed by atoms with Crippen LogP contribution in [-0.4, -0.2) is 44.8 Å². The maximum absolute atomic E-state index is 12.3. The number of ether oxygens (including phenoxy) is 2. The molecule has 0 fully saturated rings. The van der Waals surface area contributed by atoms with Gasteiger partial charge < -0.3 is 14.6 Å². The Hall–Kier alpha value is -1.02. The summed E-state index contributed by atoms with van der Waals surface area (Å²) in [4.78, 5) is 20.9. The molecule has 0 radical (unpaired) electrons. The van der Waals surface area contributed by atoms with Crippen molar-refractivity contribution >= 4 is 33.7 Å². The first-order chi connectivity index (χ1) is 12.7. The number of halogens is 1.